The summed E-state index contributed by atoms with van der Waals surface area (Å²) in [5, 5.41) is 4.13. The van der Waals surface area contributed by atoms with Gasteiger partial charge in [0.15, 0.2) is 0 Å². The Bertz CT molecular complexity index is 176. The highest BCUT2D eigenvalue weighted by Gasteiger charge is 2.51. The van der Waals surface area contributed by atoms with E-state index in [1.165, 1.54) is 12.8 Å². The van der Waals surface area contributed by atoms with E-state index in [-0.39, 0.29) is 0 Å². The van der Waals surface area contributed by atoms with Gasteiger partial charge in [0.1, 0.15) is 0 Å². The molecule has 56 valence electrons. The smallest absolute Gasteiger partial charge is 0.0584 e. The maximum absolute atomic E-state index is 4.13. The van der Waals surface area contributed by atoms with Gasteiger partial charge in [-0.25, -0.2) is 0 Å². The van der Waals surface area contributed by atoms with Gasteiger partial charge in [0.25, 0.3) is 0 Å². The minimum absolute atomic E-state index is 0.374. The van der Waals surface area contributed by atoms with Crippen LogP contribution in [0.4, 0.5) is 0 Å². The van der Waals surface area contributed by atoms with Crippen molar-refractivity contribution in [2.75, 3.05) is 0 Å². The topological polar surface area (TPSA) is 24.4 Å². The van der Waals surface area contributed by atoms with Crippen LogP contribution in [-0.2, 0) is 0 Å². The molecular weight excluding hydrogens is 124 g/mol. The molecule has 0 spiro atoms. The van der Waals surface area contributed by atoms with Gasteiger partial charge in [0.05, 0.1) is 5.54 Å². The average Bonchev–Trinajstić information content (AvgIpc) is 2.04. The third kappa shape index (κ3) is 0.522. The zero-order valence-electron chi connectivity index (χ0n) is 6.59. The number of fused-ring (bicyclic) bond motifs is 1. The minimum atomic E-state index is 0.374. The Morgan fingerprint density at radius 3 is 3.00 bits per heavy atom. The fourth-order valence-electron chi connectivity index (χ4n) is 2.17. The van der Waals surface area contributed by atoms with Crippen molar-refractivity contribution < 1.29 is 0 Å². The molecule has 0 radical (unpaired) electrons. The number of nitrogens with zero attached hydrogens (tertiary/aromatic N) is 1. The van der Waals surface area contributed by atoms with Crippen LogP contribution < -0.4 is 5.43 Å². The number of hydrogen-bond acceptors (Lipinski definition) is 2. The lowest BCUT2D eigenvalue weighted by Crippen LogP contribution is -2.63. The van der Waals surface area contributed by atoms with Crippen LogP contribution in [0.1, 0.15) is 26.7 Å². The van der Waals surface area contributed by atoms with Gasteiger partial charge in [-0.05, 0) is 18.8 Å². The SMILES string of the molecule is CCC12CC(C=NN1)C2C. The second-order valence-corrected chi connectivity index (χ2v) is 3.56. The molecule has 2 heterocycles. The van der Waals surface area contributed by atoms with E-state index >= 15 is 0 Å². The first kappa shape index (κ1) is 6.20. The van der Waals surface area contributed by atoms with Crippen molar-refractivity contribution in [2.45, 2.75) is 32.2 Å². The van der Waals surface area contributed by atoms with E-state index in [1.54, 1.807) is 0 Å². The van der Waals surface area contributed by atoms with E-state index < -0.39 is 0 Å². The van der Waals surface area contributed by atoms with Gasteiger partial charge in [-0.3, -0.25) is 0 Å². The van der Waals surface area contributed by atoms with E-state index in [0.29, 0.717) is 5.54 Å². The fourth-order valence-corrected chi connectivity index (χ4v) is 2.17. The Morgan fingerprint density at radius 1 is 1.80 bits per heavy atom. The summed E-state index contributed by atoms with van der Waals surface area (Å²) in [5.41, 5.74) is 3.60. The van der Waals surface area contributed by atoms with Crippen LogP contribution in [0.5, 0.6) is 0 Å². The lowest BCUT2D eigenvalue weighted by Gasteiger charge is -2.54. The fraction of sp³-hybridized carbons (Fsp3) is 0.875. The monoisotopic (exact) mass is 138 g/mol. The third-order valence-corrected chi connectivity index (χ3v) is 3.30. The Balaban J connectivity index is 2.21. The van der Waals surface area contributed by atoms with Gasteiger partial charge in [-0.2, -0.15) is 5.10 Å². The molecule has 0 aromatic rings. The van der Waals surface area contributed by atoms with Gasteiger partial charge < -0.3 is 5.43 Å². The first-order valence-corrected chi connectivity index (χ1v) is 4.09. The lowest BCUT2D eigenvalue weighted by atomic mass is 9.58. The first-order chi connectivity index (χ1) is 4.78. The number of hydrazone groups is 1. The Kier molecular flexibility index (Phi) is 1.08. The predicted molar refractivity (Wildman–Crippen MR) is 41.9 cm³/mol. The van der Waals surface area contributed by atoms with Gasteiger partial charge in [0.2, 0.25) is 0 Å². The largest absolute Gasteiger partial charge is 0.304 e. The summed E-state index contributed by atoms with van der Waals surface area (Å²) >= 11 is 0. The van der Waals surface area contributed by atoms with Crippen molar-refractivity contribution in [3.8, 4) is 0 Å². The Hall–Kier alpha value is -0.530. The highest BCUT2D eigenvalue weighted by atomic mass is 15.4. The van der Waals surface area contributed by atoms with Crippen molar-refractivity contribution in [2.24, 2.45) is 16.9 Å². The zero-order chi connectivity index (χ0) is 7.19. The molecule has 0 aromatic carbocycles. The van der Waals surface area contributed by atoms with Crippen molar-refractivity contribution >= 4 is 6.21 Å². The van der Waals surface area contributed by atoms with Crippen molar-refractivity contribution in [3.63, 3.8) is 0 Å². The molecule has 1 fully saturated rings. The van der Waals surface area contributed by atoms with Crippen LogP contribution in [0.3, 0.4) is 0 Å². The summed E-state index contributed by atoms with van der Waals surface area (Å²) in [5.74, 6) is 1.57. The summed E-state index contributed by atoms with van der Waals surface area (Å²) in [6, 6.07) is 0. The number of rotatable bonds is 1. The van der Waals surface area contributed by atoms with Gasteiger partial charge in [-0.15, -0.1) is 0 Å². The Morgan fingerprint density at radius 2 is 2.60 bits per heavy atom. The molecule has 10 heavy (non-hydrogen) atoms. The van der Waals surface area contributed by atoms with Crippen LogP contribution in [0, 0.1) is 11.8 Å². The highest BCUT2D eigenvalue weighted by molar-refractivity contribution is 5.65. The normalized spacial score (nSPS) is 49.8. The zero-order valence-corrected chi connectivity index (χ0v) is 6.59. The van der Waals surface area contributed by atoms with Crippen LogP contribution in [0.25, 0.3) is 0 Å². The number of hydrogen-bond donors (Lipinski definition) is 1. The molecule has 3 rings (SSSR count). The van der Waals surface area contributed by atoms with Crippen LogP contribution in [0.15, 0.2) is 5.10 Å². The minimum Gasteiger partial charge on any atom is -0.304 e. The molecule has 1 aliphatic carbocycles. The maximum Gasteiger partial charge on any atom is 0.0584 e. The molecule has 2 heteroatoms. The molecule has 1 saturated carbocycles. The molecule has 3 aliphatic rings. The molecule has 2 aliphatic heterocycles. The molecule has 2 nitrogen and oxygen atoms in total. The summed E-state index contributed by atoms with van der Waals surface area (Å²) < 4.78 is 0. The first-order valence-electron chi connectivity index (χ1n) is 4.09. The van der Waals surface area contributed by atoms with E-state index in [4.69, 9.17) is 0 Å². The van der Waals surface area contributed by atoms with Crippen molar-refractivity contribution in [3.05, 3.63) is 0 Å². The second kappa shape index (κ2) is 1.74. The molecular formula is C8H14N2. The van der Waals surface area contributed by atoms with E-state index in [2.05, 4.69) is 30.6 Å². The summed E-state index contributed by atoms with van der Waals surface area (Å²) in [6.45, 7) is 4.55. The van der Waals surface area contributed by atoms with Crippen LogP contribution >= 0.6 is 0 Å². The highest BCUT2D eigenvalue weighted by Crippen LogP contribution is 2.46. The van der Waals surface area contributed by atoms with Crippen LogP contribution in [0.2, 0.25) is 0 Å². The van der Waals surface area contributed by atoms with Crippen LogP contribution in [-0.4, -0.2) is 11.8 Å². The predicted octanol–water partition coefficient (Wildman–Crippen LogP) is 1.38. The quantitative estimate of drug-likeness (QED) is 0.581. The van der Waals surface area contributed by atoms with E-state index in [9.17, 15) is 0 Å². The molecule has 3 unspecified atom stereocenters. The second-order valence-electron chi connectivity index (χ2n) is 3.56. The van der Waals surface area contributed by atoms with Crippen molar-refractivity contribution in [1.29, 1.82) is 0 Å². The Labute approximate surface area is 61.7 Å². The third-order valence-electron chi connectivity index (χ3n) is 3.30. The van der Waals surface area contributed by atoms with Gasteiger partial charge in [-0.1, -0.05) is 13.8 Å². The van der Waals surface area contributed by atoms with E-state index in [1.807, 2.05) is 0 Å². The molecule has 0 amide bonds. The standard InChI is InChI=1S/C8H14N2/c1-3-8-4-7(6(8)2)5-9-10-8/h5-7,10H,3-4H2,1-2H3. The van der Waals surface area contributed by atoms with Crippen molar-refractivity contribution in [1.82, 2.24) is 5.43 Å². The van der Waals surface area contributed by atoms with Gasteiger partial charge in [0, 0.05) is 12.1 Å². The molecule has 3 atom stereocenters. The summed E-state index contributed by atoms with van der Waals surface area (Å²) in [6.07, 6.45) is 4.57. The molecule has 1 N–H and O–H groups in total. The molecule has 2 bridgehead atoms. The van der Waals surface area contributed by atoms with Gasteiger partial charge >= 0.3 is 0 Å². The number of nitrogens with one attached hydrogen (secondary N) is 1. The molecule has 0 saturated heterocycles. The maximum atomic E-state index is 4.13. The average molecular weight is 138 g/mol. The summed E-state index contributed by atoms with van der Waals surface area (Å²) in [7, 11) is 0. The van der Waals surface area contributed by atoms with E-state index in [0.717, 1.165) is 11.8 Å². The molecule has 0 aromatic heterocycles. The summed E-state index contributed by atoms with van der Waals surface area (Å²) in [4.78, 5) is 0. The lowest BCUT2D eigenvalue weighted by molar-refractivity contribution is 0.0420.